The van der Waals surface area contributed by atoms with Gasteiger partial charge in [0.05, 0.1) is 5.52 Å². The molecule has 1 aliphatic rings. The maximum atomic E-state index is 12.2. The number of hydrogen-bond donors (Lipinski definition) is 0. The monoisotopic (exact) mass is 364 g/mol. The Hall–Kier alpha value is -3.18. The summed E-state index contributed by atoms with van der Waals surface area (Å²) in [5, 5.41) is 1.45. The zero-order valence-corrected chi connectivity index (χ0v) is 14.5. The molecule has 26 heavy (non-hydrogen) atoms. The van der Waals surface area contributed by atoms with Gasteiger partial charge in [0, 0.05) is 34.7 Å². The third-order valence-electron chi connectivity index (χ3n) is 4.09. The van der Waals surface area contributed by atoms with E-state index in [9.17, 15) is 9.59 Å². The Morgan fingerprint density at radius 2 is 1.88 bits per heavy atom. The summed E-state index contributed by atoms with van der Waals surface area (Å²) in [6, 6.07) is 14.4. The van der Waals surface area contributed by atoms with E-state index >= 15 is 0 Å². The van der Waals surface area contributed by atoms with Gasteiger partial charge in [-0.3, -0.25) is 9.36 Å². The van der Waals surface area contributed by atoms with Gasteiger partial charge in [-0.1, -0.05) is 29.8 Å². The number of carbonyl (C=O) groups excluding carboxylic acids is 2. The number of aliphatic imine (C=N–C) groups is 1. The highest BCUT2D eigenvalue weighted by Crippen LogP contribution is 2.26. The van der Waals surface area contributed by atoms with Crippen molar-refractivity contribution in [2.75, 3.05) is 0 Å². The van der Waals surface area contributed by atoms with E-state index in [-0.39, 0.29) is 17.5 Å². The Balaban J connectivity index is 1.79. The molecule has 0 aliphatic carbocycles. The molecule has 2 heterocycles. The van der Waals surface area contributed by atoms with E-state index in [0.717, 1.165) is 16.5 Å². The third-order valence-corrected chi connectivity index (χ3v) is 4.34. The first-order chi connectivity index (χ1) is 12.5. The van der Waals surface area contributed by atoms with E-state index < -0.39 is 5.97 Å². The number of benzene rings is 2. The van der Waals surface area contributed by atoms with Crippen molar-refractivity contribution in [1.82, 2.24) is 4.57 Å². The molecule has 0 N–H and O–H groups in total. The fourth-order valence-corrected chi connectivity index (χ4v) is 2.98. The van der Waals surface area contributed by atoms with Crippen LogP contribution in [-0.4, -0.2) is 22.3 Å². The Kier molecular flexibility index (Phi) is 3.93. The molecule has 6 heteroatoms. The van der Waals surface area contributed by atoms with Crippen molar-refractivity contribution in [3.05, 3.63) is 76.6 Å². The van der Waals surface area contributed by atoms with Gasteiger partial charge in [-0.15, -0.1) is 0 Å². The number of esters is 1. The average Bonchev–Trinajstić information content (AvgIpc) is 3.18. The second-order valence-electron chi connectivity index (χ2n) is 5.83. The van der Waals surface area contributed by atoms with E-state index in [1.165, 1.54) is 6.92 Å². The largest absolute Gasteiger partial charge is 0.402 e. The molecule has 0 unspecified atom stereocenters. The van der Waals surface area contributed by atoms with E-state index in [2.05, 4.69) is 4.99 Å². The van der Waals surface area contributed by atoms with Crippen molar-refractivity contribution >= 4 is 46.4 Å². The van der Waals surface area contributed by atoms with E-state index in [1.54, 1.807) is 41.1 Å². The molecule has 0 bridgehead atoms. The highest BCUT2D eigenvalue weighted by Gasteiger charge is 2.24. The minimum Gasteiger partial charge on any atom is -0.402 e. The van der Waals surface area contributed by atoms with Gasteiger partial charge >= 0.3 is 5.97 Å². The number of halogens is 1. The molecule has 0 atom stereocenters. The number of carbonyl (C=O) groups is 2. The SMILES string of the molecule is CC(=O)n1cc(C=C2N=C(c3ccc(Cl)cc3)OC2=O)c2ccccc21. The van der Waals surface area contributed by atoms with Crippen molar-refractivity contribution in [3.63, 3.8) is 0 Å². The number of rotatable bonds is 2. The summed E-state index contributed by atoms with van der Waals surface area (Å²) in [7, 11) is 0. The Bertz CT molecular complexity index is 1110. The summed E-state index contributed by atoms with van der Waals surface area (Å²) >= 11 is 5.88. The van der Waals surface area contributed by atoms with Gasteiger partial charge in [0.1, 0.15) is 0 Å². The molecule has 0 fully saturated rings. The van der Waals surface area contributed by atoms with Gasteiger partial charge in [0.15, 0.2) is 5.70 Å². The highest BCUT2D eigenvalue weighted by atomic mass is 35.5. The van der Waals surface area contributed by atoms with E-state index in [4.69, 9.17) is 16.3 Å². The third kappa shape index (κ3) is 2.82. The van der Waals surface area contributed by atoms with Crippen molar-refractivity contribution in [1.29, 1.82) is 0 Å². The molecule has 1 aromatic heterocycles. The number of aromatic nitrogens is 1. The van der Waals surface area contributed by atoms with Crippen LogP contribution in [0.15, 0.2) is 65.4 Å². The van der Waals surface area contributed by atoms with Crippen LogP contribution >= 0.6 is 11.6 Å². The standard InChI is InChI=1S/C20H13ClN2O3/c1-12(24)23-11-14(16-4-2-3-5-18(16)23)10-17-20(25)26-19(22-17)13-6-8-15(21)9-7-13/h2-11H,1H3. The first kappa shape index (κ1) is 16.3. The number of fused-ring (bicyclic) bond motifs is 1. The number of hydrogen-bond acceptors (Lipinski definition) is 4. The summed E-state index contributed by atoms with van der Waals surface area (Å²) in [6.07, 6.45) is 3.33. The van der Waals surface area contributed by atoms with Crippen molar-refractivity contribution in [2.24, 2.45) is 4.99 Å². The molecule has 0 amide bonds. The van der Waals surface area contributed by atoms with Gasteiger partial charge in [0.25, 0.3) is 0 Å². The predicted molar refractivity (Wildman–Crippen MR) is 100 cm³/mol. The predicted octanol–water partition coefficient (Wildman–Crippen LogP) is 4.30. The quantitative estimate of drug-likeness (QED) is 0.503. The summed E-state index contributed by atoms with van der Waals surface area (Å²) in [6.45, 7) is 1.49. The molecule has 0 radical (unpaired) electrons. The number of para-hydroxylation sites is 1. The van der Waals surface area contributed by atoms with Crippen LogP contribution < -0.4 is 0 Å². The van der Waals surface area contributed by atoms with Crippen LogP contribution in [-0.2, 0) is 9.53 Å². The molecule has 0 saturated heterocycles. The lowest BCUT2D eigenvalue weighted by Gasteiger charge is -1.98. The summed E-state index contributed by atoms with van der Waals surface area (Å²) in [5.74, 6) is -0.409. The summed E-state index contributed by atoms with van der Waals surface area (Å²) in [5.41, 5.74) is 2.35. The first-order valence-electron chi connectivity index (χ1n) is 7.92. The van der Waals surface area contributed by atoms with Crippen molar-refractivity contribution in [2.45, 2.75) is 6.92 Å². The average molecular weight is 365 g/mol. The molecule has 5 nitrogen and oxygen atoms in total. The maximum Gasteiger partial charge on any atom is 0.363 e. The zero-order valence-electron chi connectivity index (χ0n) is 13.8. The molecule has 3 aromatic rings. The lowest BCUT2D eigenvalue weighted by Crippen LogP contribution is -2.05. The minimum atomic E-state index is -0.533. The van der Waals surface area contributed by atoms with Gasteiger partial charge in [0.2, 0.25) is 11.8 Å². The van der Waals surface area contributed by atoms with Crippen LogP contribution in [0.5, 0.6) is 0 Å². The van der Waals surface area contributed by atoms with Crippen LogP contribution in [0.1, 0.15) is 22.8 Å². The lowest BCUT2D eigenvalue weighted by molar-refractivity contribution is -0.129. The molecule has 4 rings (SSSR count). The Labute approximate surface area is 154 Å². The van der Waals surface area contributed by atoms with Crippen LogP contribution in [0.3, 0.4) is 0 Å². The fourth-order valence-electron chi connectivity index (χ4n) is 2.85. The minimum absolute atomic E-state index is 0.106. The van der Waals surface area contributed by atoms with Gasteiger partial charge in [-0.05, 0) is 36.4 Å². The second kappa shape index (κ2) is 6.28. The van der Waals surface area contributed by atoms with E-state index in [0.29, 0.717) is 10.6 Å². The molecule has 1 aliphatic heterocycles. The number of ether oxygens (including phenoxy) is 1. The molecular formula is C20H13ClN2O3. The van der Waals surface area contributed by atoms with Gasteiger partial charge in [-0.2, -0.15) is 0 Å². The van der Waals surface area contributed by atoms with Crippen LogP contribution in [0, 0.1) is 0 Å². The van der Waals surface area contributed by atoms with Crippen LogP contribution in [0.4, 0.5) is 0 Å². The second-order valence-corrected chi connectivity index (χ2v) is 6.27. The topological polar surface area (TPSA) is 60.7 Å². The van der Waals surface area contributed by atoms with E-state index in [1.807, 2.05) is 24.3 Å². The first-order valence-corrected chi connectivity index (χ1v) is 8.30. The normalized spacial score (nSPS) is 15.4. The van der Waals surface area contributed by atoms with Crippen molar-refractivity contribution < 1.29 is 14.3 Å². The molecule has 128 valence electrons. The Morgan fingerprint density at radius 3 is 2.62 bits per heavy atom. The smallest absolute Gasteiger partial charge is 0.363 e. The molecule has 0 saturated carbocycles. The summed E-state index contributed by atoms with van der Waals surface area (Å²) < 4.78 is 6.81. The lowest BCUT2D eigenvalue weighted by atomic mass is 10.1. The zero-order chi connectivity index (χ0) is 18.3. The molecular weight excluding hydrogens is 352 g/mol. The highest BCUT2D eigenvalue weighted by molar-refractivity contribution is 6.30. The number of nitrogens with zero attached hydrogens (tertiary/aromatic N) is 2. The Morgan fingerprint density at radius 1 is 1.15 bits per heavy atom. The van der Waals surface area contributed by atoms with Crippen LogP contribution in [0.25, 0.3) is 17.0 Å². The van der Waals surface area contributed by atoms with Crippen molar-refractivity contribution in [3.8, 4) is 0 Å². The fraction of sp³-hybridized carbons (Fsp3) is 0.0500. The van der Waals surface area contributed by atoms with Crippen LogP contribution in [0.2, 0.25) is 5.02 Å². The molecule has 0 spiro atoms. The molecule has 2 aromatic carbocycles. The van der Waals surface area contributed by atoms with Gasteiger partial charge < -0.3 is 4.74 Å². The summed E-state index contributed by atoms with van der Waals surface area (Å²) in [4.78, 5) is 28.3. The van der Waals surface area contributed by atoms with Gasteiger partial charge in [-0.25, -0.2) is 9.79 Å². The maximum absolute atomic E-state index is 12.2. The number of cyclic esters (lactones) is 1.